The molecule has 3 rings (SSSR count). The zero-order valence-electron chi connectivity index (χ0n) is 18.3. The van der Waals surface area contributed by atoms with Crippen molar-refractivity contribution in [3.8, 4) is 6.07 Å². The number of esters is 1. The van der Waals surface area contributed by atoms with Gasteiger partial charge in [0.05, 0.1) is 21.5 Å². The third-order valence-corrected chi connectivity index (χ3v) is 6.90. The summed E-state index contributed by atoms with van der Waals surface area (Å²) in [6, 6.07) is 7.54. The van der Waals surface area contributed by atoms with Crippen molar-refractivity contribution in [2.24, 2.45) is 0 Å². The first-order chi connectivity index (χ1) is 13.9. The predicted octanol–water partition coefficient (Wildman–Crippen LogP) is 3.17. The molecule has 0 radical (unpaired) electrons. The molecule has 0 atom stereocenters. The van der Waals surface area contributed by atoms with Crippen LogP contribution in [0.4, 0.5) is 5.00 Å². The van der Waals surface area contributed by atoms with E-state index in [2.05, 4.69) is 44.4 Å². The molecule has 0 saturated carbocycles. The molecular formula is C23H28N3O3S+. The number of aryl methyl sites for hydroxylation is 2. The highest BCUT2D eigenvalue weighted by atomic mass is 32.1. The topological polar surface area (TPSA) is 95.8 Å². The zero-order chi connectivity index (χ0) is 22.3. The molecule has 0 aliphatic carbocycles. The fourth-order valence-electron chi connectivity index (χ4n) is 4.16. The van der Waals surface area contributed by atoms with Crippen LogP contribution in [0.5, 0.6) is 0 Å². The summed E-state index contributed by atoms with van der Waals surface area (Å²) in [6.07, 6.45) is 0.753. The van der Waals surface area contributed by atoms with Crippen molar-refractivity contribution in [1.29, 1.82) is 5.26 Å². The van der Waals surface area contributed by atoms with Crippen molar-refractivity contribution in [2.45, 2.75) is 59.0 Å². The number of nitrogens with two attached hydrogens (primary N) is 1. The van der Waals surface area contributed by atoms with E-state index in [0.29, 0.717) is 16.1 Å². The Labute approximate surface area is 181 Å². The molecule has 1 aliphatic heterocycles. The molecule has 158 valence electrons. The van der Waals surface area contributed by atoms with Gasteiger partial charge in [0.1, 0.15) is 16.6 Å². The molecule has 3 N–H and O–H groups in total. The largest absolute Gasteiger partial charge is 0.452 e. The number of rotatable bonds is 4. The van der Waals surface area contributed by atoms with Crippen LogP contribution in [0.1, 0.15) is 65.2 Å². The molecule has 0 fully saturated rings. The number of benzene rings is 1. The van der Waals surface area contributed by atoms with E-state index in [0.717, 1.165) is 28.0 Å². The summed E-state index contributed by atoms with van der Waals surface area (Å²) in [5.74, 6) is -1.000. The van der Waals surface area contributed by atoms with Crippen LogP contribution in [-0.2, 0) is 21.5 Å². The number of carbonyl (C=O) groups excluding carboxylic acids is 2. The summed E-state index contributed by atoms with van der Waals surface area (Å²) in [4.78, 5) is 25.8. The summed E-state index contributed by atoms with van der Waals surface area (Å²) >= 11 is 1.43. The Kier molecular flexibility index (Phi) is 5.76. The molecule has 0 saturated heterocycles. The molecule has 1 aromatic carbocycles. The van der Waals surface area contributed by atoms with Crippen LogP contribution < -0.4 is 10.6 Å². The minimum atomic E-state index is -0.545. The Morgan fingerprint density at radius 2 is 1.93 bits per heavy atom. The number of nitrogens with zero attached hydrogens (tertiary/aromatic N) is 1. The van der Waals surface area contributed by atoms with Gasteiger partial charge in [0, 0.05) is 6.42 Å². The lowest BCUT2D eigenvalue weighted by Crippen LogP contribution is -3.03. The minimum absolute atomic E-state index is 0.0356. The van der Waals surface area contributed by atoms with Crippen LogP contribution in [0.25, 0.3) is 0 Å². The molecule has 0 bridgehead atoms. The second-order valence-electron chi connectivity index (χ2n) is 9.18. The summed E-state index contributed by atoms with van der Waals surface area (Å²) in [6.45, 7) is 12.0. The van der Waals surface area contributed by atoms with Gasteiger partial charge in [-0.3, -0.25) is 4.79 Å². The summed E-state index contributed by atoms with van der Waals surface area (Å²) < 4.78 is 5.17. The lowest BCUT2D eigenvalue weighted by Gasteiger charge is -2.38. The number of quaternary nitrogens is 1. The average molecular weight is 427 g/mol. The highest BCUT2D eigenvalue weighted by Gasteiger charge is 2.44. The Balaban J connectivity index is 1.73. The van der Waals surface area contributed by atoms with E-state index >= 15 is 0 Å². The van der Waals surface area contributed by atoms with Gasteiger partial charge in [-0.05, 0) is 70.4 Å². The Morgan fingerprint density at radius 3 is 2.57 bits per heavy atom. The quantitative estimate of drug-likeness (QED) is 0.734. The number of hydrogen-bond acceptors (Lipinski definition) is 5. The molecule has 0 spiro atoms. The van der Waals surface area contributed by atoms with Crippen LogP contribution in [0, 0.1) is 25.2 Å². The molecule has 30 heavy (non-hydrogen) atoms. The lowest BCUT2D eigenvalue weighted by molar-refractivity contribution is -0.789. The van der Waals surface area contributed by atoms with Crippen molar-refractivity contribution in [2.75, 3.05) is 11.9 Å². The van der Waals surface area contributed by atoms with Gasteiger partial charge in [-0.2, -0.15) is 5.26 Å². The first-order valence-corrected chi connectivity index (χ1v) is 10.7. The van der Waals surface area contributed by atoms with Crippen LogP contribution in [0.15, 0.2) is 18.2 Å². The van der Waals surface area contributed by atoms with Gasteiger partial charge in [0.15, 0.2) is 6.61 Å². The maximum Gasteiger partial charge on any atom is 0.338 e. The standard InChI is InChI=1S/C23H27N3O3S/c1-13-7-8-15(9-14(13)2)21(28)29-12-18(27)25-20-17(11-24)16-10-22(3,4)26-23(5,6)19(16)30-20/h7-9,26H,10,12H2,1-6H3,(H,25,27)/p+1. The van der Waals surface area contributed by atoms with E-state index in [4.69, 9.17) is 4.74 Å². The molecule has 1 aliphatic rings. The van der Waals surface area contributed by atoms with Crippen molar-refractivity contribution >= 4 is 28.2 Å². The van der Waals surface area contributed by atoms with E-state index < -0.39 is 18.5 Å². The van der Waals surface area contributed by atoms with E-state index in [1.54, 1.807) is 12.1 Å². The second-order valence-corrected chi connectivity index (χ2v) is 10.2. The SMILES string of the molecule is Cc1ccc(C(=O)OCC(=O)Nc2sc3c(c2C#N)CC(C)(C)[NH2+]C3(C)C)cc1C. The van der Waals surface area contributed by atoms with Crippen molar-refractivity contribution in [1.82, 2.24) is 0 Å². The Bertz CT molecular complexity index is 1060. The summed E-state index contributed by atoms with van der Waals surface area (Å²) in [5.41, 5.74) is 3.77. The molecule has 1 amide bonds. The molecule has 7 heteroatoms. The van der Waals surface area contributed by atoms with Gasteiger partial charge in [-0.15, -0.1) is 11.3 Å². The van der Waals surface area contributed by atoms with E-state index in [1.807, 2.05) is 19.9 Å². The summed E-state index contributed by atoms with van der Waals surface area (Å²) in [7, 11) is 0. The monoisotopic (exact) mass is 426 g/mol. The van der Waals surface area contributed by atoms with Gasteiger partial charge >= 0.3 is 5.97 Å². The second kappa shape index (κ2) is 7.86. The predicted molar refractivity (Wildman–Crippen MR) is 117 cm³/mol. The maximum absolute atomic E-state index is 12.4. The lowest BCUT2D eigenvalue weighted by atomic mass is 9.81. The number of carbonyl (C=O) groups is 2. The Hall–Kier alpha value is -2.69. The van der Waals surface area contributed by atoms with E-state index in [-0.39, 0.29) is 11.1 Å². The van der Waals surface area contributed by atoms with E-state index in [9.17, 15) is 14.9 Å². The van der Waals surface area contributed by atoms with Crippen molar-refractivity contribution in [3.63, 3.8) is 0 Å². The van der Waals surface area contributed by atoms with Crippen LogP contribution in [0.2, 0.25) is 0 Å². The molecule has 2 aromatic rings. The number of anilines is 1. The van der Waals surface area contributed by atoms with Crippen LogP contribution in [0.3, 0.4) is 0 Å². The molecule has 6 nitrogen and oxygen atoms in total. The van der Waals surface area contributed by atoms with Gasteiger partial charge in [0.2, 0.25) is 0 Å². The number of thiophene rings is 1. The number of nitriles is 1. The Morgan fingerprint density at radius 1 is 1.23 bits per heavy atom. The number of amides is 1. The van der Waals surface area contributed by atoms with Gasteiger partial charge in [-0.1, -0.05) is 6.07 Å². The van der Waals surface area contributed by atoms with E-state index in [1.165, 1.54) is 11.3 Å². The van der Waals surface area contributed by atoms with Crippen molar-refractivity contribution in [3.05, 3.63) is 50.9 Å². The smallest absolute Gasteiger partial charge is 0.338 e. The highest BCUT2D eigenvalue weighted by Crippen LogP contribution is 2.41. The first-order valence-electron chi connectivity index (χ1n) is 9.91. The zero-order valence-corrected chi connectivity index (χ0v) is 19.1. The fraction of sp³-hybridized carbons (Fsp3) is 0.435. The number of ether oxygens (including phenoxy) is 1. The molecule has 2 heterocycles. The third-order valence-electron chi connectivity index (χ3n) is 5.42. The van der Waals surface area contributed by atoms with Crippen LogP contribution >= 0.6 is 11.3 Å². The molecular weight excluding hydrogens is 398 g/mol. The number of hydrogen-bond donors (Lipinski definition) is 2. The van der Waals surface area contributed by atoms with Gasteiger partial charge in [0.25, 0.3) is 5.91 Å². The number of nitrogens with one attached hydrogen (secondary N) is 1. The summed E-state index contributed by atoms with van der Waals surface area (Å²) in [5, 5.41) is 15.3. The third kappa shape index (κ3) is 4.40. The van der Waals surface area contributed by atoms with Crippen LogP contribution in [-0.4, -0.2) is 24.0 Å². The number of fused-ring (bicyclic) bond motifs is 1. The van der Waals surface area contributed by atoms with Crippen molar-refractivity contribution < 1.29 is 19.6 Å². The normalized spacial score (nSPS) is 16.3. The average Bonchev–Trinajstić information content (AvgIpc) is 2.98. The molecule has 1 aromatic heterocycles. The maximum atomic E-state index is 12.4. The first kappa shape index (κ1) is 22.0. The highest BCUT2D eigenvalue weighted by molar-refractivity contribution is 7.16. The fourth-order valence-corrected chi connectivity index (χ4v) is 5.41. The molecule has 0 unspecified atom stereocenters. The van der Waals surface area contributed by atoms with Gasteiger partial charge < -0.3 is 15.4 Å². The van der Waals surface area contributed by atoms with Gasteiger partial charge in [-0.25, -0.2) is 4.79 Å². The minimum Gasteiger partial charge on any atom is -0.452 e.